The number of ether oxygens (including phenoxy) is 4. The molecular weight excluding hydrogens is 518 g/mol. The highest BCUT2D eigenvalue weighted by atomic mass is 32.2. The lowest BCUT2D eigenvalue weighted by Gasteiger charge is -2.25. The second-order valence-corrected chi connectivity index (χ2v) is 9.93. The lowest BCUT2D eigenvalue weighted by molar-refractivity contribution is -0.166. The fraction of sp³-hybridized carbons (Fsp3) is 0.450. The van der Waals surface area contributed by atoms with Crippen LogP contribution in [0.15, 0.2) is 16.1 Å². The van der Waals surface area contributed by atoms with Crippen molar-refractivity contribution in [2.45, 2.75) is 50.5 Å². The van der Waals surface area contributed by atoms with Crippen LogP contribution in [0.4, 0.5) is 5.82 Å². The summed E-state index contributed by atoms with van der Waals surface area (Å²) in [5, 5.41) is -1.23. The number of aromatic nitrogens is 3. The maximum absolute atomic E-state index is 13.0. The standard InChI is InChI=1S/C20H23N5O11S/c1-7(26)33-6-11-14(34-8(2)27)15(35-9(3)28)19(36-11)25-5-10(17(22)30)13(29)12-16(21)23-20(24-18(12)25)37(4,31)32/h5,11,14-15,19H,6H2,1-4H3,(H2,22,30)(H2,21,23,24)/t11-,14-,15-,19?/m1/s1. The van der Waals surface area contributed by atoms with Gasteiger partial charge in [0.05, 0.1) is 0 Å². The number of rotatable bonds is 7. The largest absolute Gasteiger partial charge is 0.463 e. The number of anilines is 1. The van der Waals surface area contributed by atoms with Crippen molar-refractivity contribution < 1.29 is 46.5 Å². The van der Waals surface area contributed by atoms with Crippen LogP contribution in [0.25, 0.3) is 11.0 Å². The molecule has 17 heteroatoms. The summed E-state index contributed by atoms with van der Waals surface area (Å²) >= 11 is 0. The maximum Gasteiger partial charge on any atom is 0.303 e. The van der Waals surface area contributed by atoms with Crippen LogP contribution < -0.4 is 16.9 Å². The minimum Gasteiger partial charge on any atom is -0.463 e. The van der Waals surface area contributed by atoms with Crippen molar-refractivity contribution >= 4 is 50.5 Å². The number of nitrogens with two attached hydrogens (primary N) is 2. The molecule has 37 heavy (non-hydrogen) atoms. The molecular formula is C20H23N5O11S. The average molecular weight is 541 g/mol. The molecule has 3 heterocycles. The summed E-state index contributed by atoms with van der Waals surface area (Å²) in [5.74, 6) is -4.09. The molecule has 4 atom stereocenters. The Kier molecular flexibility index (Phi) is 7.49. The molecule has 0 aliphatic carbocycles. The van der Waals surface area contributed by atoms with Crippen molar-refractivity contribution in [2.75, 3.05) is 18.6 Å². The first-order valence-electron chi connectivity index (χ1n) is 10.5. The van der Waals surface area contributed by atoms with Gasteiger partial charge in [-0.05, 0) is 0 Å². The average Bonchev–Trinajstić information content (AvgIpc) is 3.07. The normalized spacial score (nSPS) is 21.4. The summed E-state index contributed by atoms with van der Waals surface area (Å²) in [7, 11) is -4.05. The Bertz CT molecular complexity index is 1470. The van der Waals surface area contributed by atoms with Crippen molar-refractivity contribution in [2.24, 2.45) is 5.73 Å². The highest BCUT2D eigenvalue weighted by Crippen LogP contribution is 2.36. The van der Waals surface area contributed by atoms with E-state index in [0.717, 1.165) is 37.8 Å². The maximum atomic E-state index is 13.0. The Morgan fingerprint density at radius 1 is 1.05 bits per heavy atom. The molecule has 0 aromatic carbocycles. The lowest BCUT2D eigenvalue weighted by Crippen LogP contribution is -2.41. The zero-order chi connectivity index (χ0) is 27.8. The predicted molar refractivity (Wildman–Crippen MR) is 121 cm³/mol. The smallest absolute Gasteiger partial charge is 0.303 e. The number of carbonyl (C=O) groups is 4. The molecule has 0 radical (unpaired) electrons. The number of hydrogen-bond acceptors (Lipinski definition) is 14. The van der Waals surface area contributed by atoms with E-state index in [4.69, 9.17) is 30.4 Å². The van der Waals surface area contributed by atoms with Gasteiger partial charge in [-0.2, -0.15) is 4.98 Å². The summed E-state index contributed by atoms with van der Waals surface area (Å²) < 4.78 is 46.8. The number of sulfone groups is 1. The Balaban J connectivity index is 2.35. The molecule has 200 valence electrons. The Hall–Kier alpha value is -4.12. The molecule has 16 nitrogen and oxygen atoms in total. The number of fused-ring (bicyclic) bond motifs is 1. The van der Waals surface area contributed by atoms with Gasteiger partial charge >= 0.3 is 17.9 Å². The van der Waals surface area contributed by atoms with Gasteiger partial charge in [0.25, 0.3) is 11.1 Å². The third-order valence-corrected chi connectivity index (χ3v) is 5.94. The van der Waals surface area contributed by atoms with Crippen LogP contribution in [-0.4, -0.2) is 77.9 Å². The second-order valence-electron chi connectivity index (χ2n) is 8.02. The molecule has 1 fully saturated rings. The molecule has 3 rings (SSSR count). The van der Waals surface area contributed by atoms with E-state index in [1.54, 1.807) is 0 Å². The summed E-state index contributed by atoms with van der Waals surface area (Å²) in [6.07, 6.45) is -3.80. The first-order valence-corrected chi connectivity index (χ1v) is 12.4. The van der Waals surface area contributed by atoms with Crippen LogP contribution in [0.1, 0.15) is 37.4 Å². The second kappa shape index (κ2) is 10.1. The summed E-state index contributed by atoms with van der Waals surface area (Å²) in [4.78, 5) is 67.8. The van der Waals surface area contributed by atoms with Crippen LogP contribution in [0.3, 0.4) is 0 Å². The number of carbonyl (C=O) groups excluding carboxylic acids is 4. The van der Waals surface area contributed by atoms with E-state index in [1.807, 2.05) is 0 Å². The zero-order valence-electron chi connectivity index (χ0n) is 20.0. The van der Waals surface area contributed by atoms with Gasteiger partial charge in [-0.25, -0.2) is 13.4 Å². The first kappa shape index (κ1) is 27.5. The van der Waals surface area contributed by atoms with Crippen molar-refractivity contribution in [3.8, 4) is 0 Å². The third kappa shape index (κ3) is 5.67. The van der Waals surface area contributed by atoms with Gasteiger partial charge in [-0.15, -0.1) is 0 Å². The summed E-state index contributed by atoms with van der Waals surface area (Å²) in [6, 6.07) is 0. The Labute approximate surface area is 208 Å². The van der Waals surface area contributed by atoms with Gasteiger partial charge in [0.15, 0.2) is 24.1 Å². The molecule has 2 aromatic rings. The van der Waals surface area contributed by atoms with Gasteiger partial charge in [0.1, 0.15) is 29.5 Å². The third-order valence-electron chi connectivity index (χ3n) is 5.09. The van der Waals surface area contributed by atoms with E-state index in [0.29, 0.717) is 0 Å². The van der Waals surface area contributed by atoms with E-state index >= 15 is 0 Å². The molecule has 1 amide bonds. The van der Waals surface area contributed by atoms with E-state index in [9.17, 15) is 32.4 Å². The van der Waals surface area contributed by atoms with Gasteiger partial charge in [0, 0.05) is 33.2 Å². The number of nitrogen functional groups attached to an aromatic ring is 1. The van der Waals surface area contributed by atoms with Crippen LogP contribution in [0.2, 0.25) is 0 Å². The van der Waals surface area contributed by atoms with Crippen molar-refractivity contribution in [3.63, 3.8) is 0 Å². The monoisotopic (exact) mass is 541 g/mol. The van der Waals surface area contributed by atoms with Crippen LogP contribution in [0.5, 0.6) is 0 Å². The van der Waals surface area contributed by atoms with E-state index in [1.165, 1.54) is 0 Å². The number of primary amides is 1. The SMILES string of the molecule is CC(=O)OC[C@H]1OC(n2cc(C(N)=O)c(=O)c3c(N)nc(S(C)(=O)=O)nc32)[C@H](OC(C)=O)[C@@H]1OC(C)=O. The molecule has 1 saturated heterocycles. The zero-order valence-corrected chi connectivity index (χ0v) is 20.8. The minimum absolute atomic E-state index is 0.417. The summed E-state index contributed by atoms with van der Waals surface area (Å²) in [5.41, 5.74) is 9.22. The molecule has 0 saturated carbocycles. The van der Waals surface area contributed by atoms with Gasteiger partial charge < -0.3 is 35.0 Å². The highest BCUT2D eigenvalue weighted by molar-refractivity contribution is 7.90. The molecule has 1 aliphatic heterocycles. The minimum atomic E-state index is -4.05. The Morgan fingerprint density at radius 2 is 1.65 bits per heavy atom. The fourth-order valence-electron chi connectivity index (χ4n) is 3.70. The molecule has 1 aliphatic rings. The molecule has 0 bridgehead atoms. The molecule has 4 N–H and O–H groups in total. The Morgan fingerprint density at radius 3 is 2.16 bits per heavy atom. The number of amides is 1. The number of pyridine rings is 1. The van der Waals surface area contributed by atoms with Crippen LogP contribution in [-0.2, 0) is 43.2 Å². The molecule has 2 aromatic heterocycles. The van der Waals surface area contributed by atoms with Crippen molar-refractivity contribution in [1.82, 2.24) is 14.5 Å². The van der Waals surface area contributed by atoms with Gasteiger partial charge in [-0.3, -0.25) is 24.0 Å². The van der Waals surface area contributed by atoms with E-state index < -0.39 is 97.8 Å². The van der Waals surface area contributed by atoms with E-state index in [-0.39, 0.29) is 0 Å². The topological polar surface area (TPSA) is 239 Å². The van der Waals surface area contributed by atoms with Gasteiger partial charge in [-0.1, -0.05) is 0 Å². The van der Waals surface area contributed by atoms with E-state index in [2.05, 4.69) is 9.97 Å². The molecule has 0 spiro atoms. The quantitative estimate of drug-likeness (QED) is 0.223. The predicted octanol–water partition coefficient (Wildman–Crippen LogP) is -1.80. The van der Waals surface area contributed by atoms with Crippen LogP contribution in [0, 0.1) is 0 Å². The number of esters is 3. The molecule has 1 unspecified atom stereocenters. The van der Waals surface area contributed by atoms with Crippen molar-refractivity contribution in [1.29, 1.82) is 0 Å². The number of nitrogens with zero attached hydrogens (tertiary/aromatic N) is 3. The summed E-state index contributed by atoms with van der Waals surface area (Å²) in [6.45, 7) is 2.81. The lowest BCUT2D eigenvalue weighted by atomic mass is 10.1. The van der Waals surface area contributed by atoms with Crippen LogP contribution >= 0.6 is 0 Å². The van der Waals surface area contributed by atoms with Gasteiger partial charge in [0.2, 0.25) is 15.3 Å². The number of hydrogen-bond donors (Lipinski definition) is 2. The first-order chi connectivity index (χ1) is 17.1. The highest BCUT2D eigenvalue weighted by Gasteiger charge is 2.51. The van der Waals surface area contributed by atoms with Crippen molar-refractivity contribution in [3.05, 3.63) is 22.0 Å². The fourth-order valence-corrected chi connectivity index (χ4v) is 4.21.